The number of rotatable bonds is 4. The second-order valence-corrected chi connectivity index (χ2v) is 11.7. The second kappa shape index (κ2) is 9.31. The molecule has 5 nitrogen and oxygen atoms in total. The summed E-state index contributed by atoms with van der Waals surface area (Å²) in [6, 6.07) is 2.91. The van der Waals surface area contributed by atoms with Gasteiger partial charge in [-0.2, -0.15) is 26.3 Å². The van der Waals surface area contributed by atoms with E-state index in [0.717, 1.165) is 6.07 Å². The molecule has 1 aliphatic heterocycles. The van der Waals surface area contributed by atoms with Crippen LogP contribution in [-0.4, -0.2) is 42.0 Å². The number of amides is 1. The fourth-order valence-corrected chi connectivity index (χ4v) is 6.13. The summed E-state index contributed by atoms with van der Waals surface area (Å²) in [5.41, 5.74) is -2.68. The number of alkyl halides is 6. The zero-order valence-electron chi connectivity index (χ0n) is 19.5. The molecule has 1 aliphatic rings. The first-order valence-corrected chi connectivity index (χ1v) is 12.3. The van der Waals surface area contributed by atoms with Gasteiger partial charge >= 0.3 is 12.4 Å². The topological polar surface area (TPSA) is 67.3 Å². The van der Waals surface area contributed by atoms with Crippen molar-refractivity contribution >= 4 is 15.7 Å². The van der Waals surface area contributed by atoms with Crippen LogP contribution < -0.4 is 0 Å². The van der Waals surface area contributed by atoms with E-state index in [1.54, 1.807) is 0 Å². The number of aryl methyl sites for hydroxylation is 1. The van der Waals surface area contributed by atoms with Crippen LogP contribution in [-0.2, 0) is 22.2 Å². The van der Waals surface area contributed by atoms with Crippen LogP contribution in [0.4, 0.5) is 30.7 Å². The van der Waals surface area contributed by atoms with Crippen LogP contribution in [0.1, 0.15) is 54.0 Å². The zero-order valence-corrected chi connectivity index (χ0v) is 20.3. The van der Waals surface area contributed by atoms with E-state index in [9.17, 15) is 43.9 Å². The molecule has 0 unspecified atom stereocenters. The lowest BCUT2D eigenvalue weighted by atomic mass is 9.85. The fraction of sp³-hybridized carbons (Fsp3) is 0.478. The van der Waals surface area contributed by atoms with E-state index in [-0.39, 0.29) is 43.3 Å². The third kappa shape index (κ3) is 5.35. The number of benzene rings is 1. The van der Waals surface area contributed by atoms with Gasteiger partial charge in [0, 0.05) is 13.1 Å². The lowest BCUT2D eigenvalue weighted by Gasteiger charge is -2.40. The van der Waals surface area contributed by atoms with Gasteiger partial charge in [0.2, 0.25) is 0 Å². The second-order valence-electron chi connectivity index (χ2n) is 9.17. The Balaban J connectivity index is 1.79. The summed E-state index contributed by atoms with van der Waals surface area (Å²) in [4.78, 5) is 16.9. The summed E-state index contributed by atoms with van der Waals surface area (Å²) in [5.74, 6) is -2.48. The maximum Gasteiger partial charge on any atom is 0.433 e. The quantitative estimate of drug-likeness (QED) is 0.469. The highest BCUT2D eigenvalue weighted by atomic mass is 32.2. The summed E-state index contributed by atoms with van der Waals surface area (Å²) in [7, 11) is -4.42. The van der Waals surface area contributed by atoms with Gasteiger partial charge in [0.15, 0.2) is 9.84 Å². The molecule has 0 saturated carbocycles. The molecule has 3 rings (SSSR count). The van der Waals surface area contributed by atoms with Crippen LogP contribution in [0.15, 0.2) is 35.2 Å². The summed E-state index contributed by atoms with van der Waals surface area (Å²) in [6.07, 6.45) is -9.28. The third-order valence-corrected chi connectivity index (χ3v) is 9.15. The zero-order chi connectivity index (χ0) is 27.3. The van der Waals surface area contributed by atoms with E-state index in [1.807, 2.05) is 0 Å². The van der Waals surface area contributed by atoms with Gasteiger partial charge < -0.3 is 4.90 Å². The van der Waals surface area contributed by atoms with Gasteiger partial charge in [0.25, 0.3) is 5.91 Å². The lowest BCUT2D eigenvalue weighted by Crippen LogP contribution is -2.47. The first kappa shape index (κ1) is 27.9. The van der Waals surface area contributed by atoms with Crippen molar-refractivity contribution in [2.75, 3.05) is 13.1 Å². The summed E-state index contributed by atoms with van der Waals surface area (Å²) in [5, 5.41) is 0. The molecule has 1 aromatic carbocycles. The maximum absolute atomic E-state index is 13.9. The van der Waals surface area contributed by atoms with E-state index in [1.165, 1.54) is 25.7 Å². The minimum absolute atomic E-state index is 0.0206. The minimum Gasteiger partial charge on any atom is -0.339 e. The largest absolute Gasteiger partial charge is 0.433 e. The summed E-state index contributed by atoms with van der Waals surface area (Å²) >= 11 is 0. The average Bonchev–Trinajstić information content (AvgIpc) is 2.77. The smallest absolute Gasteiger partial charge is 0.339 e. The van der Waals surface area contributed by atoms with Crippen LogP contribution in [0.2, 0.25) is 0 Å². The van der Waals surface area contributed by atoms with Crippen molar-refractivity contribution in [3.8, 4) is 0 Å². The van der Waals surface area contributed by atoms with Gasteiger partial charge in [0.05, 0.1) is 26.5 Å². The molecule has 0 spiro atoms. The number of hydrogen-bond acceptors (Lipinski definition) is 4. The molecule has 1 fully saturated rings. The predicted octanol–water partition coefficient (Wildman–Crippen LogP) is 5.67. The molecular formula is C23H23F7N2O3S. The Hall–Kier alpha value is -2.70. The standard InChI is InChI=1S/C23H23F7N2O3S/c1-13-18(4-5-19(31-13)23(28,29)30)20(33)32-8-6-14(7-9-32)21(2,3)36(34,35)17-11-15(22(25,26)27)10-16(24)12-17/h4-5,10-12,14H,6-9H2,1-3H3. The first-order valence-electron chi connectivity index (χ1n) is 10.8. The highest BCUT2D eigenvalue weighted by Gasteiger charge is 2.45. The Kier molecular flexibility index (Phi) is 7.21. The molecule has 0 atom stereocenters. The van der Waals surface area contributed by atoms with E-state index in [4.69, 9.17) is 0 Å². The molecule has 0 radical (unpaired) electrons. The van der Waals surface area contributed by atoms with Gasteiger partial charge in [-0.3, -0.25) is 4.79 Å². The number of nitrogens with zero attached hydrogens (tertiary/aromatic N) is 2. The van der Waals surface area contributed by atoms with Gasteiger partial charge in [0.1, 0.15) is 11.5 Å². The Morgan fingerprint density at radius 3 is 2.06 bits per heavy atom. The lowest BCUT2D eigenvalue weighted by molar-refractivity contribution is -0.141. The predicted molar refractivity (Wildman–Crippen MR) is 115 cm³/mol. The molecular weight excluding hydrogens is 517 g/mol. The van der Waals surface area contributed by atoms with Crippen LogP contribution in [0.25, 0.3) is 0 Å². The molecule has 2 heterocycles. The highest BCUT2D eigenvalue weighted by molar-refractivity contribution is 7.92. The highest BCUT2D eigenvalue weighted by Crippen LogP contribution is 2.40. The SMILES string of the molecule is Cc1nc(C(F)(F)F)ccc1C(=O)N1CCC(C(C)(C)S(=O)(=O)c2cc(F)cc(C(F)(F)F)c2)CC1. The van der Waals surface area contributed by atoms with Crippen molar-refractivity contribution in [3.63, 3.8) is 0 Å². The summed E-state index contributed by atoms with van der Waals surface area (Å²) < 4.78 is 117. The molecule has 2 aromatic rings. The molecule has 198 valence electrons. The van der Waals surface area contributed by atoms with Crippen molar-refractivity contribution in [2.45, 2.75) is 55.6 Å². The van der Waals surface area contributed by atoms with Gasteiger partial charge in [-0.05, 0) is 69.9 Å². The Labute approximate surface area is 203 Å². The average molecular weight is 541 g/mol. The van der Waals surface area contributed by atoms with E-state index < -0.39 is 60.7 Å². The Morgan fingerprint density at radius 1 is 0.972 bits per heavy atom. The van der Waals surface area contributed by atoms with Gasteiger partial charge in [-0.25, -0.2) is 17.8 Å². The van der Waals surface area contributed by atoms with E-state index >= 15 is 0 Å². The van der Waals surface area contributed by atoms with Crippen LogP contribution in [0, 0.1) is 18.7 Å². The number of pyridine rings is 1. The molecule has 0 aliphatic carbocycles. The molecule has 1 aromatic heterocycles. The molecule has 1 amide bonds. The van der Waals surface area contributed by atoms with Crippen LogP contribution in [0.5, 0.6) is 0 Å². The van der Waals surface area contributed by atoms with Crippen LogP contribution >= 0.6 is 0 Å². The van der Waals surface area contributed by atoms with Crippen molar-refractivity contribution < 1.29 is 43.9 Å². The number of aromatic nitrogens is 1. The number of sulfone groups is 1. The number of carbonyl (C=O) groups excluding carboxylic acids is 1. The minimum atomic E-state index is -4.94. The van der Waals surface area contributed by atoms with Crippen molar-refractivity contribution in [1.82, 2.24) is 9.88 Å². The fourth-order valence-electron chi connectivity index (χ4n) is 4.30. The van der Waals surface area contributed by atoms with Crippen molar-refractivity contribution in [3.05, 3.63) is 58.7 Å². The number of hydrogen-bond donors (Lipinski definition) is 0. The molecule has 0 bridgehead atoms. The van der Waals surface area contributed by atoms with Crippen LogP contribution in [0.3, 0.4) is 0 Å². The van der Waals surface area contributed by atoms with E-state index in [2.05, 4.69) is 4.98 Å². The number of piperidine rings is 1. The third-order valence-electron chi connectivity index (χ3n) is 6.57. The molecule has 1 saturated heterocycles. The number of carbonyl (C=O) groups is 1. The molecule has 0 N–H and O–H groups in total. The van der Waals surface area contributed by atoms with Gasteiger partial charge in [-0.15, -0.1) is 0 Å². The van der Waals surface area contributed by atoms with Crippen molar-refractivity contribution in [1.29, 1.82) is 0 Å². The number of likely N-dealkylation sites (tertiary alicyclic amines) is 1. The van der Waals surface area contributed by atoms with Gasteiger partial charge in [-0.1, -0.05) is 0 Å². The molecule has 36 heavy (non-hydrogen) atoms. The molecule has 13 heteroatoms. The monoisotopic (exact) mass is 540 g/mol. The maximum atomic E-state index is 13.9. The van der Waals surface area contributed by atoms with E-state index in [0.29, 0.717) is 18.2 Å². The Bertz CT molecular complexity index is 1260. The number of halogens is 7. The summed E-state index contributed by atoms with van der Waals surface area (Å²) in [6.45, 7) is 4.10. The Morgan fingerprint density at radius 2 is 1.56 bits per heavy atom. The normalized spacial score (nSPS) is 16.3. The first-order chi connectivity index (χ1) is 16.4. The van der Waals surface area contributed by atoms with Crippen molar-refractivity contribution in [2.24, 2.45) is 5.92 Å².